The second-order valence-corrected chi connectivity index (χ2v) is 6.67. The van der Waals surface area contributed by atoms with Crippen LogP contribution in [0, 0.1) is 25.5 Å². The Bertz CT molecular complexity index is 984. The number of ether oxygens (including phenoxy) is 1. The lowest BCUT2D eigenvalue weighted by Crippen LogP contribution is -2.15. The zero-order valence-electron chi connectivity index (χ0n) is 14.7. The van der Waals surface area contributed by atoms with Crippen molar-refractivity contribution in [2.75, 3.05) is 13.2 Å². The lowest BCUT2D eigenvalue weighted by molar-refractivity contribution is 0.0845. The van der Waals surface area contributed by atoms with E-state index >= 15 is 0 Å². The van der Waals surface area contributed by atoms with E-state index in [-0.39, 0.29) is 11.5 Å². The van der Waals surface area contributed by atoms with Crippen LogP contribution in [-0.4, -0.2) is 28.2 Å². The molecule has 3 heterocycles. The first-order valence-electron chi connectivity index (χ1n) is 8.72. The van der Waals surface area contributed by atoms with Crippen LogP contribution in [0.4, 0.5) is 8.78 Å². The Hall–Kier alpha value is -2.47. The molecule has 1 aromatic carbocycles. The van der Waals surface area contributed by atoms with Crippen molar-refractivity contribution in [1.82, 2.24) is 15.0 Å². The minimum atomic E-state index is -0.650. The summed E-state index contributed by atoms with van der Waals surface area (Å²) in [5, 5.41) is 0. The van der Waals surface area contributed by atoms with E-state index in [0.29, 0.717) is 29.9 Å². The minimum Gasteiger partial charge on any atom is -0.381 e. The molecule has 0 unspecified atom stereocenters. The zero-order valence-corrected chi connectivity index (χ0v) is 14.7. The SMILES string of the molecule is Cc1nc2cc(C3CCOCC3)nc(-c3ccc(F)cc3F)c2nc1C. The molecule has 0 spiro atoms. The predicted octanol–water partition coefficient (Wildman–Crippen LogP) is 4.48. The molecule has 1 fully saturated rings. The fraction of sp³-hybridized carbons (Fsp3) is 0.350. The molecule has 0 amide bonds. The highest BCUT2D eigenvalue weighted by molar-refractivity contribution is 5.89. The van der Waals surface area contributed by atoms with Crippen LogP contribution in [-0.2, 0) is 4.74 Å². The summed E-state index contributed by atoms with van der Waals surface area (Å²) in [7, 11) is 0. The summed E-state index contributed by atoms with van der Waals surface area (Å²) in [5.74, 6) is -1.03. The number of benzene rings is 1. The van der Waals surface area contributed by atoms with Crippen LogP contribution in [0.25, 0.3) is 22.3 Å². The summed E-state index contributed by atoms with van der Waals surface area (Å²) >= 11 is 0. The van der Waals surface area contributed by atoms with Crippen LogP contribution in [0.5, 0.6) is 0 Å². The molecule has 0 N–H and O–H groups in total. The van der Waals surface area contributed by atoms with Gasteiger partial charge in [-0.15, -0.1) is 0 Å². The van der Waals surface area contributed by atoms with Crippen LogP contribution in [0.1, 0.15) is 35.8 Å². The summed E-state index contributed by atoms with van der Waals surface area (Å²) in [6.07, 6.45) is 1.73. The smallest absolute Gasteiger partial charge is 0.135 e. The van der Waals surface area contributed by atoms with Crippen molar-refractivity contribution in [3.63, 3.8) is 0 Å². The number of nitrogens with zero attached hydrogens (tertiary/aromatic N) is 3. The molecule has 0 atom stereocenters. The van der Waals surface area contributed by atoms with E-state index < -0.39 is 11.6 Å². The Labute approximate surface area is 150 Å². The van der Waals surface area contributed by atoms with Gasteiger partial charge in [0.05, 0.1) is 16.9 Å². The number of halogens is 2. The summed E-state index contributed by atoms with van der Waals surface area (Å²) in [4.78, 5) is 14.0. The van der Waals surface area contributed by atoms with Crippen molar-refractivity contribution in [1.29, 1.82) is 0 Å². The highest BCUT2D eigenvalue weighted by Crippen LogP contribution is 2.33. The van der Waals surface area contributed by atoms with Crippen molar-refractivity contribution < 1.29 is 13.5 Å². The van der Waals surface area contributed by atoms with Crippen molar-refractivity contribution in [2.24, 2.45) is 0 Å². The van der Waals surface area contributed by atoms with E-state index in [1.165, 1.54) is 12.1 Å². The van der Waals surface area contributed by atoms with Gasteiger partial charge in [-0.1, -0.05) is 0 Å². The molecule has 26 heavy (non-hydrogen) atoms. The maximum atomic E-state index is 14.5. The molecule has 2 aromatic heterocycles. The lowest BCUT2D eigenvalue weighted by atomic mass is 9.95. The normalized spacial score (nSPS) is 15.5. The van der Waals surface area contributed by atoms with Gasteiger partial charge in [-0.25, -0.2) is 23.7 Å². The molecule has 6 heteroatoms. The largest absolute Gasteiger partial charge is 0.381 e. The quantitative estimate of drug-likeness (QED) is 0.680. The topological polar surface area (TPSA) is 47.9 Å². The molecule has 0 bridgehead atoms. The van der Waals surface area contributed by atoms with E-state index in [1.54, 1.807) is 0 Å². The number of fused-ring (bicyclic) bond motifs is 1. The lowest BCUT2D eigenvalue weighted by Gasteiger charge is -2.22. The average Bonchev–Trinajstić information content (AvgIpc) is 2.63. The molecule has 3 aromatic rings. The van der Waals surface area contributed by atoms with Gasteiger partial charge in [0.15, 0.2) is 0 Å². The van der Waals surface area contributed by atoms with Crippen molar-refractivity contribution in [3.8, 4) is 11.3 Å². The highest BCUT2D eigenvalue weighted by Gasteiger charge is 2.22. The van der Waals surface area contributed by atoms with Crippen molar-refractivity contribution in [2.45, 2.75) is 32.6 Å². The van der Waals surface area contributed by atoms with Gasteiger partial charge in [0, 0.05) is 36.5 Å². The number of hydrogen-bond donors (Lipinski definition) is 0. The third-order valence-corrected chi connectivity index (χ3v) is 4.91. The Morgan fingerprint density at radius 2 is 1.69 bits per heavy atom. The predicted molar refractivity (Wildman–Crippen MR) is 95.0 cm³/mol. The molecule has 134 valence electrons. The third kappa shape index (κ3) is 3.05. The van der Waals surface area contributed by atoms with Crippen LogP contribution in [0.2, 0.25) is 0 Å². The summed E-state index contributed by atoms with van der Waals surface area (Å²) in [6, 6.07) is 5.47. The van der Waals surface area contributed by atoms with Gasteiger partial charge in [0.1, 0.15) is 22.8 Å². The number of aromatic nitrogens is 3. The number of pyridine rings is 1. The van der Waals surface area contributed by atoms with E-state index in [9.17, 15) is 8.78 Å². The van der Waals surface area contributed by atoms with Gasteiger partial charge in [-0.3, -0.25) is 0 Å². The Balaban J connectivity index is 1.97. The Kier molecular flexibility index (Phi) is 4.36. The maximum Gasteiger partial charge on any atom is 0.135 e. The third-order valence-electron chi connectivity index (χ3n) is 4.91. The number of aryl methyl sites for hydroxylation is 2. The van der Waals surface area contributed by atoms with Crippen LogP contribution >= 0.6 is 0 Å². The first kappa shape index (κ1) is 17.0. The van der Waals surface area contributed by atoms with E-state index in [0.717, 1.165) is 36.0 Å². The Morgan fingerprint density at radius 1 is 0.962 bits per heavy atom. The van der Waals surface area contributed by atoms with Crippen molar-refractivity contribution in [3.05, 3.63) is 53.0 Å². The summed E-state index contributed by atoms with van der Waals surface area (Å²) < 4.78 is 33.3. The monoisotopic (exact) mass is 355 g/mol. The van der Waals surface area contributed by atoms with Crippen LogP contribution in [0.15, 0.2) is 24.3 Å². The highest BCUT2D eigenvalue weighted by atomic mass is 19.1. The first-order valence-corrected chi connectivity index (χ1v) is 8.72. The van der Waals surface area contributed by atoms with E-state index in [2.05, 4.69) is 9.97 Å². The standard InChI is InChI=1S/C20H19F2N3O/c1-11-12(2)24-20-18(23-11)10-17(13-5-7-26-8-6-13)25-19(20)15-4-3-14(21)9-16(15)22/h3-4,9-10,13H,5-8H2,1-2H3. The maximum absolute atomic E-state index is 14.5. The minimum absolute atomic E-state index is 0.235. The van der Waals surface area contributed by atoms with Gasteiger partial charge < -0.3 is 4.74 Å². The molecule has 1 aliphatic rings. The van der Waals surface area contributed by atoms with Gasteiger partial charge in [-0.2, -0.15) is 0 Å². The molecule has 0 radical (unpaired) electrons. The van der Waals surface area contributed by atoms with Crippen molar-refractivity contribution >= 4 is 11.0 Å². The molecular weight excluding hydrogens is 336 g/mol. The molecule has 0 saturated carbocycles. The fourth-order valence-electron chi connectivity index (χ4n) is 3.32. The molecule has 1 aliphatic heterocycles. The molecule has 4 nitrogen and oxygen atoms in total. The van der Waals surface area contributed by atoms with Gasteiger partial charge in [0.2, 0.25) is 0 Å². The van der Waals surface area contributed by atoms with E-state index in [1.807, 2.05) is 19.9 Å². The molecular formula is C20H19F2N3O. The molecule has 4 rings (SSSR count). The average molecular weight is 355 g/mol. The summed E-state index contributed by atoms with van der Waals surface area (Å²) in [5.41, 5.74) is 4.32. The zero-order chi connectivity index (χ0) is 18.3. The van der Waals surface area contributed by atoms with Gasteiger partial charge in [-0.05, 0) is 44.9 Å². The number of rotatable bonds is 2. The first-order chi connectivity index (χ1) is 12.5. The molecule has 1 saturated heterocycles. The summed E-state index contributed by atoms with van der Waals surface area (Å²) in [6.45, 7) is 5.12. The van der Waals surface area contributed by atoms with Crippen LogP contribution in [0.3, 0.4) is 0 Å². The number of hydrogen-bond acceptors (Lipinski definition) is 4. The van der Waals surface area contributed by atoms with E-state index in [4.69, 9.17) is 9.72 Å². The second kappa shape index (κ2) is 6.68. The van der Waals surface area contributed by atoms with Gasteiger partial charge >= 0.3 is 0 Å². The fourth-order valence-corrected chi connectivity index (χ4v) is 3.32. The van der Waals surface area contributed by atoms with Gasteiger partial charge in [0.25, 0.3) is 0 Å². The van der Waals surface area contributed by atoms with Crippen LogP contribution < -0.4 is 0 Å². The molecule has 0 aliphatic carbocycles. The second-order valence-electron chi connectivity index (χ2n) is 6.67. The Morgan fingerprint density at radius 3 is 2.42 bits per heavy atom.